The first-order chi connectivity index (χ1) is 10.1. The van der Waals surface area contributed by atoms with Crippen LogP contribution in [0.4, 0.5) is 0 Å². The number of benzene rings is 1. The molecule has 0 spiro atoms. The number of hydrogen-bond donors (Lipinski definition) is 3. The molecule has 0 amide bonds. The minimum atomic E-state index is -0.172. The van der Waals surface area contributed by atoms with E-state index < -0.39 is 0 Å². The Hall–Kier alpha value is -2.27. The van der Waals surface area contributed by atoms with Gasteiger partial charge in [-0.1, -0.05) is 6.07 Å². The van der Waals surface area contributed by atoms with Crippen molar-refractivity contribution < 1.29 is 4.42 Å². The fourth-order valence-electron chi connectivity index (χ4n) is 2.63. The zero-order valence-corrected chi connectivity index (χ0v) is 12.1. The van der Waals surface area contributed by atoms with Crippen LogP contribution in [0.1, 0.15) is 31.2 Å². The first kappa shape index (κ1) is 13.7. The predicted molar refractivity (Wildman–Crippen MR) is 82.3 cm³/mol. The number of nitrogens with one attached hydrogen (secondary N) is 3. The number of rotatable bonds is 5. The van der Waals surface area contributed by atoms with Gasteiger partial charge in [0.05, 0.1) is 17.3 Å². The van der Waals surface area contributed by atoms with Crippen LogP contribution in [0.25, 0.3) is 11.0 Å². The number of furan rings is 1. The Morgan fingerprint density at radius 3 is 2.76 bits per heavy atom. The van der Waals surface area contributed by atoms with Crippen molar-refractivity contribution in [2.45, 2.75) is 32.4 Å². The fraction of sp³-hybridized carbons (Fsp3) is 0.312. The molecular weight excluding hydrogens is 266 g/mol. The second-order valence-corrected chi connectivity index (χ2v) is 5.46. The number of hydrogen-bond acceptors (Lipinski definition) is 3. The lowest BCUT2D eigenvalue weighted by Crippen LogP contribution is -2.30. The van der Waals surface area contributed by atoms with Gasteiger partial charge in [-0.25, -0.2) is 4.79 Å². The van der Waals surface area contributed by atoms with Crippen molar-refractivity contribution >= 4 is 11.0 Å². The van der Waals surface area contributed by atoms with Crippen LogP contribution in [-0.2, 0) is 6.42 Å². The highest BCUT2D eigenvalue weighted by Crippen LogP contribution is 2.18. The third-order valence-corrected chi connectivity index (χ3v) is 3.66. The molecule has 2 heterocycles. The van der Waals surface area contributed by atoms with Crippen molar-refractivity contribution in [3.63, 3.8) is 0 Å². The van der Waals surface area contributed by atoms with Crippen molar-refractivity contribution in [3.8, 4) is 0 Å². The first-order valence-corrected chi connectivity index (χ1v) is 7.12. The Kier molecular flexibility index (Phi) is 3.66. The topological polar surface area (TPSA) is 73.8 Å². The normalized spacial score (nSPS) is 14.4. The lowest BCUT2D eigenvalue weighted by Gasteiger charge is -2.19. The maximum absolute atomic E-state index is 11.3. The van der Waals surface area contributed by atoms with E-state index in [0.29, 0.717) is 6.04 Å². The van der Waals surface area contributed by atoms with Gasteiger partial charge < -0.3 is 19.7 Å². The zero-order chi connectivity index (χ0) is 14.8. The van der Waals surface area contributed by atoms with Gasteiger partial charge in [-0.2, -0.15) is 0 Å². The molecule has 0 aliphatic rings. The molecule has 5 heteroatoms. The monoisotopic (exact) mass is 285 g/mol. The van der Waals surface area contributed by atoms with Gasteiger partial charge in [-0.3, -0.25) is 0 Å². The van der Waals surface area contributed by atoms with Crippen LogP contribution in [0.5, 0.6) is 0 Å². The van der Waals surface area contributed by atoms with Crippen molar-refractivity contribution in [1.29, 1.82) is 0 Å². The minimum absolute atomic E-state index is 0.172. The smallest absolute Gasteiger partial charge is 0.323 e. The van der Waals surface area contributed by atoms with Gasteiger partial charge in [0.1, 0.15) is 5.76 Å². The third-order valence-electron chi connectivity index (χ3n) is 3.66. The van der Waals surface area contributed by atoms with E-state index in [4.69, 9.17) is 4.42 Å². The SMILES string of the molecule is CC(Cc1ccco1)NC(C)c1ccc2[nH]c(=O)[nH]c2c1. The van der Waals surface area contributed by atoms with Crippen LogP contribution in [-0.4, -0.2) is 16.0 Å². The summed E-state index contributed by atoms with van der Waals surface area (Å²) < 4.78 is 5.37. The van der Waals surface area contributed by atoms with Crippen molar-refractivity contribution in [2.75, 3.05) is 0 Å². The van der Waals surface area contributed by atoms with Gasteiger partial charge in [-0.15, -0.1) is 0 Å². The molecule has 0 saturated carbocycles. The number of aromatic amines is 2. The second kappa shape index (κ2) is 5.61. The van der Waals surface area contributed by atoms with Gasteiger partial charge in [0, 0.05) is 18.5 Å². The van der Waals surface area contributed by atoms with E-state index >= 15 is 0 Å². The lowest BCUT2D eigenvalue weighted by atomic mass is 10.1. The van der Waals surface area contributed by atoms with Gasteiger partial charge in [0.25, 0.3) is 0 Å². The van der Waals surface area contributed by atoms with Crippen molar-refractivity contribution in [2.24, 2.45) is 0 Å². The molecule has 5 nitrogen and oxygen atoms in total. The summed E-state index contributed by atoms with van der Waals surface area (Å²) in [6, 6.07) is 10.3. The first-order valence-electron chi connectivity index (χ1n) is 7.12. The summed E-state index contributed by atoms with van der Waals surface area (Å²) in [5.41, 5.74) is 2.64. The van der Waals surface area contributed by atoms with Crippen molar-refractivity contribution in [1.82, 2.24) is 15.3 Å². The van der Waals surface area contributed by atoms with Crippen LogP contribution in [0.2, 0.25) is 0 Å². The van der Waals surface area contributed by atoms with Gasteiger partial charge in [-0.05, 0) is 43.7 Å². The summed E-state index contributed by atoms with van der Waals surface area (Å²) in [5, 5.41) is 3.54. The predicted octanol–water partition coefficient (Wildman–Crippen LogP) is 2.73. The van der Waals surface area contributed by atoms with Crippen molar-refractivity contribution in [3.05, 3.63) is 58.4 Å². The third kappa shape index (κ3) is 3.08. The van der Waals surface area contributed by atoms with Crippen LogP contribution < -0.4 is 11.0 Å². The van der Waals surface area contributed by atoms with E-state index in [1.165, 1.54) is 0 Å². The molecule has 3 N–H and O–H groups in total. The van der Waals surface area contributed by atoms with Crippen LogP contribution in [0.3, 0.4) is 0 Å². The number of H-pyrrole nitrogens is 2. The molecule has 0 aliphatic heterocycles. The maximum atomic E-state index is 11.3. The minimum Gasteiger partial charge on any atom is -0.469 e. The molecule has 0 saturated heterocycles. The highest BCUT2D eigenvalue weighted by molar-refractivity contribution is 5.75. The Bertz CT molecular complexity index is 770. The Labute approximate surface area is 122 Å². The number of imidazole rings is 1. The summed E-state index contributed by atoms with van der Waals surface area (Å²) in [5.74, 6) is 0.979. The van der Waals surface area contributed by atoms with E-state index in [9.17, 15) is 4.79 Å². The Morgan fingerprint density at radius 2 is 2.00 bits per heavy atom. The number of aromatic nitrogens is 2. The molecule has 2 unspecified atom stereocenters. The second-order valence-electron chi connectivity index (χ2n) is 5.46. The van der Waals surface area contributed by atoms with Crippen LogP contribution in [0.15, 0.2) is 45.8 Å². The Morgan fingerprint density at radius 1 is 1.19 bits per heavy atom. The molecule has 2 atom stereocenters. The molecule has 0 aliphatic carbocycles. The molecule has 21 heavy (non-hydrogen) atoms. The molecule has 0 bridgehead atoms. The Balaban J connectivity index is 1.70. The van der Waals surface area contributed by atoms with E-state index in [-0.39, 0.29) is 11.7 Å². The highest BCUT2D eigenvalue weighted by atomic mass is 16.3. The zero-order valence-electron chi connectivity index (χ0n) is 12.1. The summed E-state index contributed by atoms with van der Waals surface area (Å²) in [6.45, 7) is 4.25. The summed E-state index contributed by atoms with van der Waals surface area (Å²) in [7, 11) is 0. The van der Waals surface area contributed by atoms with Gasteiger partial charge in [0.15, 0.2) is 0 Å². The highest BCUT2D eigenvalue weighted by Gasteiger charge is 2.12. The molecule has 0 fully saturated rings. The van der Waals surface area contributed by atoms with Crippen LogP contribution in [0, 0.1) is 0 Å². The summed E-state index contributed by atoms with van der Waals surface area (Å²) in [6.07, 6.45) is 2.54. The average Bonchev–Trinajstić information content (AvgIpc) is 3.05. The fourth-order valence-corrected chi connectivity index (χ4v) is 2.63. The largest absolute Gasteiger partial charge is 0.469 e. The molecule has 3 rings (SSSR count). The van der Waals surface area contributed by atoms with E-state index in [0.717, 1.165) is 28.8 Å². The van der Waals surface area contributed by atoms with E-state index in [1.54, 1.807) is 6.26 Å². The number of fused-ring (bicyclic) bond motifs is 1. The average molecular weight is 285 g/mol. The van der Waals surface area contributed by atoms with Crippen LogP contribution >= 0.6 is 0 Å². The van der Waals surface area contributed by atoms with Gasteiger partial charge >= 0.3 is 5.69 Å². The standard InChI is InChI=1S/C16H19N3O2/c1-10(8-13-4-3-7-21-13)17-11(2)12-5-6-14-15(9-12)19-16(20)18-14/h3-7,9-11,17H,8H2,1-2H3,(H2,18,19,20). The summed E-state index contributed by atoms with van der Waals surface area (Å²) in [4.78, 5) is 16.8. The maximum Gasteiger partial charge on any atom is 0.323 e. The quantitative estimate of drug-likeness (QED) is 0.675. The molecular formula is C16H19N3O2. The van der Waals surface area contributed by atoms with Gasteiger partial charge in [0.2, 0.25) is 0 Å². The van der Waals surface area contributed by atoms with E-state index in [2.05, 4.69) is 29.1 Å². The molecule has 1 aromatic carbocycles. The molecule has 3 aromatic rings. The summed E-state index contributed by atoms with van der Waals surface area (Å²) >= 11 is 0. The molecule has 0 radical (unpaired) electrons. The van der Waals surface area contributed by atoms with E-state index in [1.807, 2.05) is 30.3 Å². The lowest BCUT2D eigenvalue weighted by molar-refractivity contribution is 0.429. The molecule has 110 valence electrons. The molecule has 2 aromatic heterocycles.